The van der Waals surface area contributed by atoms with Crippen LogP contribution in [0.5, 0.6) is 0 Å². The van der Waals surface area contributed by atoms with Crippen molar-refractivity contribution >= 4 is 37.4 Å². The topological polar surface area (TPSA) is 54.5 Å². The Hall–Kier alpha value is -1.73. The third-order valence-corrected chi connectivity index (χ3v) is 4.65. The fourth-order valence-corrected chi connectivity index (χ4v) is 3.00. The molecule has 7 heteroatoms. The zero-order valence-electron chi connectivity index (χ0n) is 11.9. The maximum atomic E-state index is 13.4. The van der Waals surface area contributed by atoms with Gasteiger partial charge in [-0.3, -0.25) is 4.79 Å². The average Bonchev–Trinajstić information content (AvgIpc) is 2.44. The summed E-state index contributed by atoms with van der Waals surface area (Å²) in [6, 6.07) is 9.84. The molecule has 0 unspecified atom stereocenters. The van der Waals surface area contributed by atoms with E-state index in [-0.39, 0.29) is 10.5 Å². The zero-order chi connectivity index (χ0) is 16.5. The quantitative estimate of drug-likeness (QED) is 0.814. The molecule has 1 amide bonds. The molecule has 4 nitrogen and oxygen atoms in total. The Labute approximate surface area is 136 Å². The van der Waals surface area contributed by atoms with Gasteiger partial charge in [0.05, 0.1) is 4.90 Å². The van der Waals surface area contributed by atoms with Crippen molar-refractivity contribution in [2.45, 2.75) is 4.90 Å². The fraction of sp³-hybridized carbons (Fsp3) is 0.133. The van der Waals surface area contributed by atoms with E-state index in [0.717, 1.165) is 12.3 Å². The molecule has 2 rings (SSSR count). The molecule has 116 valence electrons. The van der Waals surface area contributed by atoms with Crippen LogP contribution in [-0.4, -0.2) is 27.6 Å². The maximum Gasteiger partial charge on any atom is 0.258 e. The molecule has 22 heavy (non-hydrogen) atoms. The van der Waals surface area contributed by atoms with Crippen LogP contribution in [-0.2, 0) is 9.84 Å². The van der Waals surface area contributed by atoms with Gasteiger partial charge in [0.1, 0.15) is 5.82 Å². The fourth-order valence-electron chi connectivity index (χ4n) is 1.91. The highest BCUT2D eigenvalue weighted by molar-refractivity contribution is 9.10. The van der Waals surface area contributed by atoms with E-state index in [1.807, 2.05) is 0 Å². The minimum Gasteiger partial charge on any atom is -0.311 e. The van der Waals surface area contributed by atoms with Crippen LogP contribution in [0.1, 0.15) is 10.4 Å². The maximum absolute atomic E-state index is 13.4. The number of hydrogen-bond acceptors (Lipinski definition) is 3. The summed E-state index contributed by atoms with van der Waals surface area (Å²) in [5, 5.41) is 0. The van der Waals surface area contributed by atoms with Gasteiger partial charge in [0.25, 0.3) is 5.91 Å². The minimum absolute atomic E-state index is 0.172. The van der Waals surface area contributed by atoms with Gasteiger partial charge in [0.2, 0.25) is 0 Å². The SMILES string of the molecule is CN(C(=O)c1cc(F)cc(Br)c1)c1ccc(S(C)(=O)=O)cc1. The molecule has 0 aliphatic rings. The summed E-state index contributed by atoms with van der Waals surface area (Å²) in [4.78, 5) is 13.9. The number of halogens is 2. The number of amides is 1. The Bertz CT molecular complexity index is 799. The van der Waals surface area contributed by atoms with Gasteiger partial charge in [-0.05, 0) is 42.5 Å². The molecular weight excluding hydrogens is 373 g/mol. The third kappa shape index (κ3) is 3.72. The lowest BCUT2D eigenvalue weighted by Gasteiger charge is -2.18. The summed E-state index contributed by atoms with van der Waals surface area (Å²) < 4.78 is 36.7. The van der Waals surface area contributed by atoms with Gasteiger partial charge in [-0.25, -0.2) is 12.8 Å². The average molecular weight is 386 g/mol. The number of sulfone groups is 1. The number of carbonyl (C=O) groups is 1. The molecule has 0 fully saturated rings. The van der Waals surface area contributed by atoms with E-state index in [1.165, 1.54) is 48.3 Å². The second-order valence-corrected chi connectivity index (χ2v) is 7.72. The summed E-state index contributed by atoms with van der Waals surface area (Å²) in [7, 11) is -1.75. The van der Waals surface area contributed by atoms with Crippen molar-refractivity contribution in [3.05, 3.63) is 58.3 Å². The number of hydrogen-bond donors (Lipinski definition) is 0. The van der Waals surface area contributed by atoms with Crippen LogP contribution in [0.25, 0.3) is 0 Å². The minimum atomic E-state index is -3.29. The first kappa shape index (κ1) is 16.6. The molecule has 0 aliphatic heterocycles. The van der Waals surface area contributed by atoms with Crippen LogP contribution in [0.2, 0.25) is 0 Å². The summed E-state index contributed by atoms with van der Waals surface area (Å²) >= 11 is 3.14. The van der Waals surface area contributed by atoms with Gasteiger partial charge in [0, 0.05) is 29.0 Å². The molecule has 0 saturated carbocycles. The van der Waals surface area contributed by atoms with Gasteiger partial charge < -0.3 is 4.90 Å². The first-order chi connectivity index (χ1) is 10.2. The summed E-state index contributed by atoms with van der Waals surface area (Å²) in [5.41, 5.74) is 0.708. The van der Waals surface area contributed by atoms with E-state index in [9.17, 15) is 17.6 Å². The molecule has 0 spiro atoms. The Morgan fingerprint density at radius 2 is 1.73 bits per heavy atom. The van der Waals surface area contributed by atoms with E-state index in [2.05, 4.69) is 15.9 Å². The highest BCUT2D eigenvalue weighted by Crippen LogP contribution is 2.21. The van der Waals surface area contributed by atoms with E-state index in [1.54, 1.807) is 0 Å². The largest absolute Gasteiger partial charge is 0.311 e. The molecule has 2 aromatic rings. The van der Waals surface area contributed by atoms with Crippen LogP contribution in [0.4, 0.5) is 10.1 Å². The Morgan fingerprint density at radius 3 is 2.23 bits per heavy atom. The summed E-state index contributed by atoms with van der Waals surface area (Å²) in [6.45, 7) is 0. The summed E-state index contributed by atoms with van der Waals surface area (Å²) in [6.07, 6.45) is 1.11. The monoisotopic (exact) mass is 385 g/mol. The first-order valence-electron chi connectivity index (χ1n) is 6.23. The molecular formula is C15H13BrFNO3S. The predicted molar refractivity (Wildman–Crippen MR) is 86.4 cm³/mol. The normalized spacial score (nSPS) is 11.3. The van der Waals surface area contributed by atoms with Gasteiger partial charge in [-0.15, -0.1) is 0 Å². The van der Waals surface area contributed by atoms with E-state index < -0.39 is 21.6 Å². The van der Waals surface area contributed by atoms with Gasteiger partial charge in [-0.1, -0.05) is 15.9 Å². The predicted octanol–water partition coefficient (Wildman–Crippen LogP) is 3.27. The standard InChI is InChI=1S/C15H13BrFNO3S/c1-18(13-3-5-14(6-4-13)22(2,20)21)15(19)10-7-11(16)9-12(17)8-10/h3-9H,1-2H3. The molecule has 0 atom stereocenters. The van der Waals surface area contributed by atoms with Crippen molar-refractivity contribution in [3.63, 3.8) is 0 Å². The summed E-state index contributed by atoms with van der Waals surface area (Å²) in [5.74, 6) is -0.911. The van der Waals surface area contributed by atoms with Gasteiger partial charge >= 0.3 is 0 Å². The molecule has 0 aliphatic carbocycles. The zero-order valence-corrected chi connectivity index (χ0v) is 14.3. The Morgan fingerprint density at radius 1 is 1.14 bits per heavy atom. The number of benzene rings is 2. The Balaban J connectivity index is 2.31. The smallest absolute Gasteiger partial charge is 0.258 e. The van der Waals surface area contributed by atoms with Crippen LogP contribution < -0.4 is 4.90 Å². The van der Waals surface area contributed by atoms with Crippen LogP contribution >= 0.6 is 15.9 Å². The highest BCUT2D eigenvalue weighted by atomic mass is 79.9. The van der Waals surface area contributed by atoms with E-state index >= 15 is 0 Å². The molecule has 0 aromatic heterocycles. The molecule has 0 saturated heterocycles. The number of nitrogens with zero attached hydrogens (tertiary/aromatic N) is 1. The number of anilines is 1. The molecule has 0 radical (unpaired) electrons. The van der Waals surface area contributed by atoms with Crippen molar-refractivity contribution in [1.29, 1.82) is 0 Å². The Kier molecular flexibility index (Phi) is 4.67. The van der Waals surface area contributed by atoms with Crippen molar-refractivity contribution in [2.24, 2.45) is 0 Å². The van der Waals surface area contributed by atoms with Crippen LogP contribution in [0.3, 0.4) is 0 Å². The second kappa shape index (κ2) is 6.18. The van der Waals surface area contributed by atoms with E-state index in [0.29, 0.717) is 10.2 Å². The van der Waals surface area contributed by atoms with Gasteiger partial charge in [0.15, 0.2) is 9.84 Å². The van der Waals surface area contributed by atoms with Crippen molar-refractivity contribution in [1.82, 2.24) is 0 Å². The lowest BCUT2D eigenvalue weighted by atomic mass is 10.2. The molecule has 2 aromatic carbocycles. The number of carbonyl (C=O) groups excluding carboxylic acids is 1. The first-order valence-corrected chi connectivity index (χ1v) is 8.91. The third-order valence-electron chi connectivity index (χ3n) is 3.07. The van der Waals surface area contributed by atoms with Crippen molar-refractivity contribution < 1.29 is 17.6 Å². The van der Waals surface area contributed by atoms with Crippen molar-refractivity contribution in [3.8, 4) is 0 Å². The van der Waals surface area contributed by atoms with E-state index in [4.69, 9.17) is 0 Å². The van der Waals surface area contributed by atoms with Crippen molar-refractivity contribution in [2.75, 3.05) is 18.2 Å². The highest BCUT2D eigenvalue weighted by Gasteiger charge is 2.16. The lowest BCUT2D eigenvalue weighted by Crippen LogP contribution is -2.26. The molecule has 0 N–H and O–H groups in total. The molecule has 0 bridgehead atoms. The lowest BCUT2D eigenvalue weighted by molar-refractivity contribution is 0.0992. The number of rotatable bonds is 3. The van der Waals surface area contributed by atoms with Gasteiger partial charge in [-0.2, -0.15) is 0 Å². The second-order valence-electron chi connectivity index (χ2n) is 4.79. The van der Waals surface area contributed by atoms with Crippen LogP contribution in [0.15, 0.2) is 51.8 Å². The molecule has 0 heterocycles. The van der Waals surface area contributed by atoms with Crippen LogP contribution in [0, 0.1) is 5.82 Å².